The van der Waals surface area contributed by atoms with Gasteiger partial charge in [-0.3, -0.25) is 0 Å². The number of aliphatic hydroxyl groups is 1. The number of phenolic OH excluding ortho intramolecular Hbond substituents is 1. The van der Waals surface area contributed by atoms with Crippen molar-refractivity contribution in [2.24, 2.45) is 16.5 Å². The number of nitrogens with zero attached hydrogens (tertiary/aromatic N) is 1. The molecule has 1 aromatic carbocycles. The van der Waals surface area contributed by atoms with Crippen LogP contribution < -0.4 is 0 Å². The second kappa shape index (κ2) is 4.59. The van der Waals surface area contributed by atoms with E-state index < -0.39 is 6.10 Å². The topological polar surface area (TPSA) is 73.1 Å². The SMILES string of the molecule is C[C@@]12CC[C@H]3C(=CCc4cc(O)ccc43)[C@@H]1C/C(=N\O)[C@@H]2O. The summed E-state index contributed by atoms with van der Waals surface area (Å²) in [6.07, 6.45) is 4.99. The lowest BCUT2D eigenvalue weighted by Gasteiger charge is -2.45. The summed E-state index contributed by atoms with van der Waals surface area (Å²) in [7, 11) is 0. The van der Waals surface area contributed by atoms with E-state index in [4.69, 9.17) is 5.21 Å². The van der Waals surface area contributed by atoms with E-state index in [9.17, 15) is 10.2 Å². The average Bonchev–Trinajstić information content (AvgIpc) is 2.78. The fraction of sp³-hybridized carbons (Fsp3) is 0.500. The van der Waals surface area contributed by atoms with Crippen LogP contribution in [0.5, 0.6) is 5.75 Å². The van der Waals surface area contributed by atoms with Crippen molar-refractivity contribution in [2.75, 3.05) is 0 Å². The highest BCUT2D eigenvalue weighted by atomic mass is 16.4. The molecule has 0 spiro atoms. The van der Waals surface area contributed by atoms with Crippen molar-refractivity contribution in [3.63, 3.8) is 0 Å². The molecule has 0 unspecified atom stereocenters. The molecule has 1 aromatic rings. The van der Waals surface area contributed by atoms with Gasteiger partial charge in [0.25, 0.3) is 0 Å². The van der Waals surface area contributed by atoms with E-state index in [0.717, 1.165) is 19.3 Å². The Hall–Kier alpha value is -1.81. The van der Waals surface area contributed by atoms with E-state index in [0.29, 0.717) is 23.8 Å². The molecule has 0 radical (unpaired) electrons. The van der Waals surface area contributed by atoms with Crippen LogP contribution in [0.25, 0.3) is 0 Å². The Morgan fingerprint density at radius 3 is 2.91 bits per heavy atom. The van der Waals surface area contributed by atoms with Gasteiger partial charge in [0.2, 0.25) is 0 Å². The first-order valence-electron chi connectivity index (χ1n) is 7.95. The summed E-state index contributed by atoms with van der Waals surface area (Å²) in [6.45, 7) is 2.11. The normalized spacial score (nSPS) is 38.2. The maximum Gasteiger partial charge on any atom is 0.115 e. The van der Waals surface area contributed by atoms with E-state index >= 15 is 0 Å². The average molecular weight is 299 g/mol. The Bertz CT molecular complexity index is 694. The number of aromatic hydroxyl groups is 1. The quantitative estimate of drug-likeness (QED) is 0.392. The molecule has 3 aliphatic carbocycles. The van der Waals surface area contributed by atoms with E-state index in [1.807, 2.05) is 12.1 Å². The predicted molar refractivity (Wildman–Crippen MR) is 83.3 cm³/mol. The van der Waals surface area contributed by atoms with Gasteiger partial charge in [0.1, 0.15) is 11.9 Å². The van der Waals surface area contributed by atoms with Crippen LogP contribution in [-0.4, -0.2) is 27.2 Å². The Kier molecular flexibility index (Phi) is 2.89. The molecule has 116 valence electrons. The van der Waals surface area contributed by atoms with E-state index in [1.165, 1.54) is 16.7 Å². The number of rotatable bonds is 0. The summed E-state index contributed by atoms with van der Waals surface area (Å²) < 4.78 is 0. The Balaban J connectivity index is 1.76. The number of aliphatic hydroxyl groups excluding tert-OH is 1. The zero-order valence-electron chi connectivity index (χ0n) is 12.7. The first kappa shape index (κ1) is 13.8. The summed E-state index contributed by atoms with van der Waals surface area (Å²) in [5, 5.41) is 32.7. The number of oxime groups is 1. The van der Waals surface area contributed by atoms with Crippen LogP contribution >= 0.6 is 0 Å². The lowest BCUT2D eigenvalue weighted by molar-refractivity contribution is 0.0501. The van der Waals surface area contributed by atoms with Gasteiger partial charge in [0.05, 0.1) is 5.71 Å². The number of allylic oxidation sites excluding steroid dienone is 2. The Labute approximate surface area is 129 Å². The van der Waals surface area contributed by atoms with E-state index in [2.05, 4.69) is 18.2 Å². The molecular weight excluding hydrogens is 278 g/mol. The van der Waals surface area contributed by atoms with Gasteiger partial charge in [-0.05, 0) is 54.9 Å². The van der Waals surface area contributed by atoms with Crippen LogP contribution in [0.3, 0.4) is 0 Å². The van der Waals surface area contributed by atoms with Crippen molar-refractivity contribution >= 4 is 5.71 Å². The van der Waals surface area contributed by atoms with Crippen molar-refractivity contribution in [3.05, 3.63) is 41.0 Å². The number of hydrogen-bond acceptors (Lipinski definition) is 4. The molecule has 0 aromatic heterocycles. The van der Waals surface area contributed by atoms with Crippen LogP contribution in [0.2, 0.25) is 0 Å². The fourth-order valence-corrected chi connectivity index (χ4v) is 4.85. The molecule has 0 saturated heterocycles. The maximum absolute atomic E-state index is 10.5. The number of benzene rings is 1. The summed E-state index contributed by atoms with van der Waals surface area (Å²) in [5.41, 5.74) is 4.18. The van der Waals surface area contributed by atoms with Gasteiger partial charge in [0, 0.05) is 11.3 Å². The molecule has 3 N–H and O–H groups in total. The molecule has 22 heavy (non-hydrogen) atoms. The number of fused-ring (bicyclic) bond motifs is 5. The second-order valence-electron chi connectivity index (χ2n) is 7.14. The first-order valence-corrected chi connectivity index (χ1v) is 7.95. The molecule has 4 heteroatoms. The van der Waals surface area contributed by atoms with Crippen LogP contribution in [0.1, 0.15) is 43.2 Å². The van der Waals surface area contributed by atoms with Gasteiger partial charge >= 0.3 is 0 Å². The number of hydrogen-bond donors (Lipinski definition) is 3. The minimum atomic E-state index is -0.648. The zero-order chi connectivity index (χ0) is 15.5. The Morgan fingerprint density at radius 2 is 2.14 bits per heavy atom. The summed E-state index contributed by atoms with van der Waals surface area (Å²) in [5.74, 6) is 0.934. The Morgan fingerprint density at radius 1 is 1.32 bits per heavy atom. The molecule has 0 amide bonds. The minimum absolute atomic E-state index is 0.224. The summed E-state index contributed by atoms with van der Waals surface area (Å²) in [4.78, 5) is 0. The third kappa shape index (κ3) is 1.70. The van der Waals surface area contributed by atoms with Crippen molar-refractivity contribution < 1.29 is 15.4 Å². The van der Waals surface area contributed by atoms with Crippen molar-refractivity contribution in [2.45, 2.75) is 44.6 Å². The van der Waals surface area contributed by atoms with Crippen molar-refractivity contribution in [1.82, 2.24) is 0 Å². The smallest absolute Gasteiger partial charge is 0.115 e. The third-order valence-corrected chi connectivity index (χ3v) is 6.11. The zero-order valence-corrected chi connectivity index (χ0v) is 12.7. The minimum Gasteiger partial charge on any atom is -0.508 e. The van der Waals surface area contributed by atoms with Gasteiger partial charge in [-0.2, -0.15) is 0 Å². The highest BCUT2D eigenvalue weighted by Crippen LogP contribution is 2.58. The van der Waals surface area contributed by atoms with Crippen LogP contribution in [0.15, 0.2) is 35.0 Å². The summed E-state index contributed by atoms with van der Waals surface area (Å²) in [6, 6.07) is 5.66. The molecule has 0 aliphatic heterocycles. The van der Waals surface area contributed by atoms with Gasteiger partial charge in [-0.1, -0.05) is 29.8 Å². The molecule has 4 atom stereocenters. The van der Waals surface area contributed by atoms with Gasteiger partial charge < -0.3 is 15.4 Å². The molecule has 3 aliphatic rings. The molecule has 2 saturated carbocycles. The van der Waals surface area contributed by atoms with E-state index in [1.54, 1.807) is 6.07 Å². The first-order chi connectivity index (χ1) is 10.5. The standard InChI is InChI=1S/C18H21NO3/c1-18-7-6-13-12-5-3-11(20)8-10(12)2-4-14(13)15(18)9-16(19-22)17(18)21/h3-5,8,13,15,17,20-22H,2,6-7,9H2,1H3/b19-16+/t13-,15+,17+,18-/m1/s1. The van der Waals surface area contributed by atoms with Gasteiger partial charge in [-0.15, -0.1) is 0 Å². The van der Waals surface area contributed by atoms with Gasteiger partial charge in [0.15, 0.2) is 0 Å². The molecule has 0 bridgehead atoms. The fourth-order valence-electron chi connectivity index (χ4n) is 4.85. The molecular formula is C18H21NO3. The highest BCUT2D eigenvalue weighted by Gasteiger charge is 2.55. The predicted octanol–water partition coefficient (Wildman–Crippen LogP) is 2.97. The van der Waals surface area contributed by atoms with Crippen molar-refractivity contribution in [1.29, 1.82) is 0 Å². The van der Waals surface area contributed by atoms with E-state index in [-0.39, 0.29) is 11.3 Å². The second-order valence-corrected chi connectivity index (χ2v) is 7.14. The summed E-state index contributed by atoms with van der Waals surface area (Å²) >= 11 is 0. The largest absolute Gasteiger partial charge is 0.508 e. The molecule has 0 heterocycles. The number of phenols is 1. The monoisotopic (exact) mass is 299 g/mol. The lowest BCUT2D eigenvalue weighted by Crippen LogP contribution is -2.40. The molecule has 2 fully saturated rings. The van der Waals surface area contributed by atoms with Gasteiger partial charge in [-0.25, -0.2) is 0 Å². The lowest BCUT2D eigenvalue weighted by atomic mass is 9.59. The third-order valence-electron chi connectivity index (χ3n) is 6.11. The molecule has 4 rings (SSSR count). The van der Waals surface area contributed by atoms with Crippen LogP contribution in [0, 0.1) is 11.3 Å². The van der Waals surface area contributed by atoms with Crippen LogP contribution in [0.4, 0.5) is 0 Å². The van der Waals surface area contributed by atoms with Crippen LogP contribution in [-0.2, 0) is 6.42 Å². The highest BCUT2D eigenvalue weighted by molar-refractivity contribution is 5.92. The maximum atomic E-state index is 10.5. The van der Waals surface area contributed by atoms with Crippen molar-refractivity contribution in [3.8, 4) is 5.75 Å². The molecule has 4 nitrogen and oxygen atoms in total.